The summed E-state index contributed by atoms with van der Waals surface area (Å²) in [5.41, 5.74) is 7.94. The number of carbonyl (C=O) groups excluding carboxylic acids is 1. The number of benzene rings is 3. The van der Waals surface area contributed by atoms with Gasteiger partial charge in [0.1, 0.15) is 0 Å². The lowest BCUT2D eigenvalue weighted by Crippen LogP contribution is -2.23. The van der Waals surface area contributed by atoms with Crippen molar-refractivity contribution in [3.05, 3.63) is 95.2 Å². The minimum Gasteiger partial charge on any atom is -0.361 e. The fraction of sp³-hybridized carbons (Fsp3) is 0.125. The zero-order valence-corrected chi connectivity index (χ0v) is 15.2. The van der Waals surface area contributed by atoms with Crippen molar-refractivity contribution in [2.75, 3.05) is 0 Å². The summed E-state index contributed by atoms with van der Waals surface area (Å²) in [4.78, 5) is 17.8. The van der Waals surface area contributed by atoms with Gasteiger partial charge in [-0.3, -0.25) is 4.79 Å². The van der Waals surface area contributed by atoms with Crippen molar-refractivity contribution in [2.45, 2.75) is 20.0 Å². The zero-order chi connectivity index (χ0) is 18.4. The highest BCUT2D eigenvalue weighted by atomic mass is 16.2. The van der Waals surface area contributed by atoms with Crippen LogP contribution in [0.2, 0.25) is 0 Å². The number of aromatic nitrogens is 1. The molecule has 0 saturated carbocycles. The quantitative estimate of drug-likeness (QED) is 0.534. The van der Waals surface area contributed by atoms with Crippen LogP contribution in [0.4, 0.5) is 0 Å². The lowest BCUT2D eigenvalue weighted by Gasteiger charge is -2.16. The van der Waals surface area contributed by atoms with E-state index in [2.05, 4.69) is 54.4 Å². The molecule has 1 aliphatic rings. The summed E-state index contributed by atoms with van der Waals surface area (Å²) in [6.45, 7) is 3.48. The van der Waals surface area contributed by atoms with Crippen molar-refractivity contribution in [3.8, 4) is 11.1 Å². The highest BCUT2D eigenvalue weighted by Crippen LogP contribution is 2.28. The number of hydrogen-bond donors (Lipinski definition) is 1. The average Bonchev–Trinajstić information content (AvgIpc) is 3.28. The monoisotopic (exact) mass is 352 g/mol. The minimum atomic E-state index is 0.127. The molecule has 4 aromatic rings. The number of hydrogen-bond acceptors (Lipinski definition) is 1. The predicted molar refractivity (Wildman–Crippen MR) is 108 cm³/mol. The number of rotatable bonds is 3. The van der Waals surface area contributed by atoms with E-state index in [1.165, 1.54) is 22.1 Å². The van der Waals surface area contributed by atoms with Crippen molar-refractivity contribution in [3.63, 3.8) is 0 Å². The van der Waals surface area contributed by atoms with E-state index in [0.717, 1.165) is 22.2 Å². The number of aryl methyl sites for hydroxylation is 1. The Morgan fingerprint density at radius 2 is 1.78 bits per heavy atom. The van der Waals surface area contributed by atoms with Crippen LogP contribution in [0.5, 0.6) is 0 Å². The first-order valence-corrected chi connectivity index (χ1v) is 9.23. The third kappa shape index (κ3) is 2.72. The molecule has 0 atom stereocenters. The second kappa shape index (κ2) is 6.13. The van der Waals surface area contributed by atoms with Gasteiger partial charge < -0.3 is 9.88 Å². The van der Waals surface area contributed by atoms with Gasteiger partial charge in [0.15, 0.2) is 0 Å². The first kappa shape index (κ1) is 15.9. The number of amides is 1. The molecule has 3 aromatic carbocycles. The Morgan fingerprint density at radius 3 is 2.59 bits per heavy atom. The second-order valence-electron chi connectivity index (χ2n) is 7.25. The Morgan fingerprint density at radius 1 is 0.963 bits per heavy atom. The van der Waals surface area contributed by atoms with E-state index < -0.39 is 0 Å². The van der Waals surface area contributed by atoms with Gasteiger partial charge in [0, 0.05) is 35.8 Å². The molecular weight excluding hydrogens is 332 g/mol. The van der Waals surface area contributed by atoms with Gasteiger partial charge in [0.25, 0.3) is 5.91 Å². The Hall–Kier alpha value is -3.33. The summed E-state index contributed by atoms with van der Waals surface area (Å²) in [6.07, 6.45) is 1.98. The van der Waals surface area contributed by atoms with Gasteiger partial charge in [-0.2, -0.15) is 0 Å². The van der Waals surface area contributed by atoms with Crippen LogP contribution in [0.15, 0.2) is 72.9 Å². The Balaban J connectivity index is 1.38. The van der Waals surface area contributed by atoms with Crippen LogP contribution in [0.25, 0.3) is 22.0 Å². The Labute approximate surface area is 158 Å². The first-order valence-electron chi connectivity index (χ1n) is 9.23. The van der Waals surface area contributed by atoms with Crippen molar-refractivity contribution >= 4 is 16.8 Å². The van der Waals surface area contributed by atoms with Crippen LogP contribution in [0.1, 0.15) is 27.0 Å². The van der Waals surface area contributed by atoms with Gasteiger partial charge in [-0.15, -0.1) is 0 Å². The highest BCUT2D eigenvalue weighted by molar-refractivity contribution is 5.98. The van der Waals surface area contributed by atoms with E-state index >= 15 is 0 Å². The Bertz CT molecular complexity index is 1150. The summed E-state index contributed by atoms with van der Waals surface area (Å²) < 4.78 is 0. The van der Waals surface area contributed by atoms with Crippen LogP contribution in [-0.4, -0.2) is 15.8 Å². The number of H-pyrrole nitrogens is 1. The lowest BCUT2D eigenvalue weighted by atomic mass is 10.00. The van der Waals surface area contributed by atoms with Gasteiger partial charge in [-0.25, -0.2) is 0 Å². The van der Waals surface area contributed by atoms with Crippen LogP contribution < -0.4 is 0 Å². The highest BCUT2D eigenvalue weighted by Gasteiger charge is 2.26. The predicted octanol–water partition coefficient (Wildman–Crippen LogP) is 5.30. The summed E-state index contributed by atoms with van der Waals surface area (Å²) in [7, 11) is 0. The topological polar surface area (TPSA) is 36.1 Å². The molecule has 3 nitrogen and oxygen atoms in total. The summed E-state index contributed by atoms with van der Waals surface area (Å²) >= 11 is 0. The maximum Gasteiger partial charge on any atom is 0.254 e. The number of aromatic amines is 1. The molecule has 1 amide bonds. The summed E-state index contributed by atoms with van der Waals surface area (Å²) in [5, 5.41) is 1.27. The number of carbonyl (C=O) groups is 1. The maximum absolute atomic E-state index is 12.5. The van der Waals surface area contributed by atoms with Crippen LogP contribution in [0.3, 0.4) is 0 Å². The van der Waals surface area contributed by atoms with Gasteiger partial charge in [-0.05, 0) is 52.9 Å². The van der Waals surface area contributed by atoms with Crippen LogP contribution >= 0.6 is 0 Å². The molecule has 3 heteroatoms. The van der Waals surface area contributed by atoms with Gasteiger partial charge >= 0.3 is 0 Å². The van der Waals surface area contributed by atoms with E-state index in [1.807, 2.05) is 35.4 Å². The number of fused-ring (bicyclic) bond motifs is 2. The molecule has 0 radical (unpaired) electrons. The fourth-order valence-corrected chi connectivity index (χ4v) is 3.99. The first-order chi connectivity index (χ1) is 13.2. The molecule has 1 N–H and O–H groups in total. The second-order valence-corrected chi connectivity index (χ2v) is 7.25. The van der Waals surface area contributed by atoms with Crippen molar-refractivity contribution in [1.82, 2.24) is 9.88 Å². The van der Waals surface area contributed by atoms with Crippen LogP contribution in [0, 0.1) is 6.92 Å². The van der Waals surface area contributed by atoms with Gasteiger partial charge in [0.2, 0.25) is 0 Å². The molecule has 0 spiro atoms. The molecule has 1 aromatic heterocycles. The molecule has 27 heavy (non-hydrogen) atoms. The van der Waals surface area contributed by atoms with Crippen LogP contribution in [-0.2, 0) is 13.1 Å². The lowest BCUT2D eigenvalue weighted by molar-refractivity contribution is 0.0766. The van der Waals surface area contributed by atoms with Gasteiger partial charge in [0.05, 0.1) is 0 Å². The minimum absolute atomic E-state index is 0.127. The number of nitrogens with zero attached hydrogens (tertiary/aromatic N) is 1. The number of nitrogens with one attached hydrogen (secondary N) is 1. The molecule has 0 bridgehead atoms. The van der Waals surface area contributed by atoms with Gasteiger partial charge in [-0.1, -0.05) is 48.5 Å². The molecule has 5 rings (SSSR count). The standard InChI is InChI=1S/C24H20N2O/c1-16-12-20(13-23-21(16)10-11-25-23)18-8-6-17(7-9-18)14-26-15-19-4-2-3-5-22(19)24(26)27/h2-13,25H,14-15H2,1H3. The molecule has 0 fully saturated rings. The Kier molecular flexibility index (Phi) is 3.61. The van der Waals surface area contributed by atoms with E-state index in [0.29, 0.717) is 13.1 Å². The van der Waals surface area contributed by atoms with E-state index in [-0.39, 0.29) is 5.91 Å². The molecule has 132 valence electrons. The third-order valence-corrected chi connectivity index (χ3v) is 5.43. The normalized spacial score (nSPS) is 13.4. The van der Waals surface area contributed by atoms with Crippen molar-refractivity contribution < 1.29 is 4.79 Å². The SMILES string of the molecule is Cc1cc(-c2ccc(CN3Cc4ccccc4C3=O)cc2)cc2[nH]ccc12. The largest absolute Gasteiger partial charge is 0.361 e. The molecule has 0 aliphatic carbocycles. The van der Waals surface area contributed by atoms with E-state index in [1.54, 1.807) is 0 Å². The maximum atomic E-state index is 12.5. The van der Waals surface area contributed by atoms with E-state index in [9.17, 15) is 4.79 Å². The van der Waals surface area contributed by atoms with Crippen molar-refractivity contribution in [1.29, 1.82) is 0 Å². The van der Waals surface area contributed by atoms with E-state index in [4.69, 9.17) is 0 Å². The molecule has 1 aliphatic heterocycles. The third-order valence-electron chi connectivity index (χ3n) is 5.43. The fourth-order valence-electron chi connectivity index (χ4n) is 3.99. The molecule has 2 heterocycles. The molecule has 0 unspecified atom stereocenters. The zero-order valence-electron chi connectivity index (χ0n) is 15.2. The molecular formula is C24H20N2O. The smallest absolute Gasteiger partial charge is 0.254 e. The van der Waals surface area contributed by atoms with Crippen molar-refractivity contribution in [2.24, 2.45) is 0 Å². The average molecular weight is 352 g/mol. The summed E-state index contributed by atoms with van der Waals surface area (Å²) in [5.74, 6) is 0.127. The molecule has 0 saturated heterocycles. The summed E-state index contributed by atoms with van der Waals surface area (Å²) in [6, 6.07) is 23.0.